The molecular weight excluding hydrogens is 294 g/mol. The number of sulfone groups is 1. The van der Waals surface area contributed by atoms with E-state index < -0.39 is 22.0 Å². The van der Waals surface area contributed by atoms with E-state index in [1.807, 2.05) is 24.3 Å². The zero-order chi connectivity index (χ0) is 15.5. The third kappa shape index (κ3) is 3.95. The Morgan fingerprint density at radius 1 is 1.33 bits per heavy atom. The van der Waals surface area contributed by atoms with Crippen LogP contribution < -0.4 is 5.32 Å². The second-order valence-electron chi connectivity index (χ2n) is 5.26. The summed E-state index contributed by atoms with van der Waals surface area (Å²) in [6.45, 7) is -0.169. The molecule has 0 fully saturated rings. The van der Waals surface area contributed by atoms with Gasteiger partial charge in [0.25, 0.3) is 0 Å². The average Bonchev–Trinajstić information content (AvgIpc) is 2.73. The van der Waals surface area contributed by atoms with E-state index in [9.17, 15) is 13.2 Å². The lowest BCUT2D eigenvalue weighted by molar-refractivity contribution is 0.189. The maximum atomic E-state index is 12.1. The Morgan fingerprint density at radius 2 is 2.05 bits per heavy atom. The molecule has 2 rings (SSSR count). The largest absolute Gasteiger partial charge is 0.465 e. The Labute approximate surface area is 123 Å². The van der Waals surface area contributed by atoms with Crippen molar-refractivity contribution in [2.24, 2.45) is 0 Å². The number of aliphatic hydroxyl groups excluding tert-OH is 1. The highest BCUT2D eigenvalue weighted by atomic mass is 32.2. The lowest BCUT2D eigenvalue weighted by atomic mass is 10.0. The standard InChI is InChI=1S/C14H19NO5S/c16-6-3-7-21(19,20)9-12-11-5-2-1-4-10(11)8-13(12)15-14(17)18/h1-2,4-5,12-13,15-16H,3,6-9H2,(H,17,18)/t12-,13+/m0/s1. The van der Waals surface area contributed by atoms with Gasteiger partial charge in [-0.2, -0.15) is 0 Å². The van der Waals surface area contributed by atoms with Crippen LogP contribution in [0.1, 0.15) is 23.5 Å². The minimum Gasteiger partial charge on any atom is -0.465 e. The number of carbonyl (C=O) groups is 1. The first kappa shape index (κ1) is 15.8. The van der Waals surface area contributed by atoms with Crippen LogP contribution in [-0.2, 0) is 16.3 Å². The topological polar surface area (TPSA) is 104 Å². The van der Waals surface area contributed by atoms with Gasteiger partial charge in [0.15, 0.2) is 9.84 Å². The van der Waals surface area contributed by atoms with Gasteiger partial charge in [-0.15, -0.1) is 0 Å². The molecule has 1 amide bonds. The van der Waals surface area contributed by atoms with E-state index in [-0.39, 0.29) is 30.5 Å². The van der Waals surface area contributed by atoms with Crippen molar-refractivity contribution in [3.8, 4) is 0 Å². The number of rotatable bonds is 6. The maximum absolute atomic E-state index is 12.1. The van der Waals surface area contributed by atoms with Crippen LogP contribution in [0.25, 0.3) is 0 Å². The molecule has 0 heterocycles. The molecule has 0 bridgehead atoms. The van der Waals surface area contributed by atoms with Crippen molar-refractivity contribution >= 4 is 15.9 Å². The van der Waals surface area contributed by atoms with Gasteiger partial charge in [-0.25, -0.2) is 13.2 Å². The summed E-state index contributed by atoms with van der Waals surface area (Å²) in [5.74, 6) is -0.558. The maximum Gasteiger partial charge on any atom is 0.404 e. The second-order valence-corrected chi connectivity index (χ2v) is 7.49. The molecule has 6 nitrogen and oxygen atoms in total. The molecule has 0 radical (unpaired) electrons. The quantitative estimate of drug-likeness (QED) is 0.719. The zero-order valence-electron chi connectivity index (χ0n) is 11.5. The third-order valence-corrected chi connectivity index (χ3v) is 5.51. The van der Waals surface area contributed by atoms with Gasteiger partial charge < -0.3 is 15.5 Å². The highest BCUT2D eigenvalue weighted by molar-refractivity contribution is 7.91. The highest BCUT2D eigenvalue weighted by Crippen LogP contribution is 2.34. The van der Waals surface area contributed by atoms with Crippen LogP contribution in [0.15, 0.2) is 24.3 Å². The van der Waals surface area contributed by atoms with Gasteiger partial charge in [-0.05, 0) is 24.0 Å². The highest BCUT2D eigenvalue weighted by Gasteiger charge is 2.36. The Morgan fingerprint density at radius 3 is 2.71 bits per heavy atom. The number of benzene rings is 1. The zero-order valence-corrected chi connectivity index (χ0v) is 12.3. The van der Waals surface area contributed by atoms with Crippen LogP contribution in [0.4, 0.5) is 4.79 Å². The van der Waals surface area contributed by atoms with Crippen molar-refractivity contribution in [2.75, 3.05) is 18.1 Å². The molecule has 21 heavy (non-hydrogen) atoms. The predicted octanol–water partition coefficient (Wildman–Crippen LogP) is 0.760. The van der Waals surface area contributed by atoms with Crippen LogP contribution in [0.3, 0.4) is 0 Å². The van der Waals surface area contributed by atoms with Gasteiger partial charge in [-0.1, -0.05) is 24.3 Å². The summed E-state index contributed by atoms with van der Waals surface area (Å²) < 4.78 is 24.2. The molecule has 1 aliphatic carbocycles. The fourth-order valence-corrected chi connectivity index (χ4v) is 4.53. The average molecular weight is 313 g/mol. The summed E-state index contributed by atoms with van der Waals surface area (Å²) in [6, 6.07) is 7.01. The Hall–Kier alpha value is -1.60. The van der Waals surface area contributed by atoms with Crippen molar-refractivity contribution in [1.29, 1.82) is 0 Å². The molecule has 2 atom stereocenters. The van der Waals surface area contributed by atoms with Gasteiger partial charge >= 0.3 is 6.09 Å². The van der Waals surface area contributed by atoms with Crippen molar-refractivity contribution in [2.45, 2.75) is 24.8 Å². The summed E-state index contributed by atoms with van der Waals surface area (Å²) in [4.78, 5) is 10.9. The van der Waals surface area contributed by atoms with E-state index in [2.05, 4.69) is 5.32 Å². The van der Waals surface area contributed by atoms with Gasteiger partial charge in [0, 0.05) is 18.6 Å². The predicted molar refractivity (Wildman–Crippen MR) is 78.2 cm³/mol. The molecule has 0 aromatic heterocycles. The number of hydrogen-bond acceptors (Lipinski definition) is 4. The molecule has 0 aliphatic heterocycles. The summed E-state index contributed by atoms with van der Waals surface area (Å²) in [5, 5.41) is 20.1. The van der Waals surface area contributed by atoms with Gasteiger partial charge in [0.1, 0.15) is 0 Å². The lowest BCUT2D eigenvalue weighted by Gasteiger charge is -2.20. The number of nitrogens with one attached hydrogen (secondary N) is 1. The molecule has 0 spiro atoms. The van der Waals surface area contributed by atoms with Crippen molar-refractivity contribution in [3.63, 3.8) is 0 Å². The number of hydrogen-bond donors (Lipinski definition) is 3. The second kappa shape index (κ2) is 6.44. The van der Waals surface area contributed by atoms with E-state index >= 15 is 0 Å². The molecule has 7 heteroatoms. The first-order chi connectivity index (χ1) is 9.93. The summed E-state index contributed by atoms with van der Waals surface area (Å²) >= 11 is 0. The van der Waals surface area contributed by atoms with E-state index in [0.717, 1.165) is 11.1 Å². The number of aliphatic hydroxyl groups is 1. The Balaban J connectivity index is 2.22. The SMILES string of the molecule is O=C(O)N[C@@H]1Cc2ccccc2[C@@H]1CS(=O)(=O)CCCO. The number of fused-ring (bicyclic) bond motifs is 1. The summed E-state index contributed by atoms with van der Waals surface area (Å²) in [6.07, 6.45) is -0.443. The summed E-state index contributed by atoms with van der Waals surface area (Å²) in [7, 11) is -3.33. The van der Waals surface area contributed by atoms with E-state index in [1.54, 1.807) is 0 Å². The molecular formula is C14H19NO5S. The molecule has 1 aliphatic rings. The molecule has 1 aromatic rings. The van der Waals surface area contributed by atoms with Crippen LogP contribution in [0, 0.1) is 0 Å². The van der Waals surface area contributed by atoms with Crippen LogP contribution in [0.5, 0.6) is 0 Å². The Bertz CT molecular complexity index is 614. The molecule has 0 unspecified atom stereocenters. The van der Waals surface area contributed by atoms with E-state index in [4.69, 9.17) is 10.2 Å². The number of carboxylic acid groups (broad SMARTS) is 1. The number of amides is 1. The molecule has 0 saturated heterocycles. The molecule has 1 aromatic carbocycles. The Kier molecular flexibility index (Phi) is 4.84. The minimum atomic E-state index is -3.33. The first-order valence-corrected chi connectivity index (χ1v) is 8.63. The van der Waals surface area contributed by atoms with Gasteiger partial charge in [-0.3, -0.25) is 0 Å². The van der Waals surface area contributed by atoms with E-state index in [0.29, 0.717) is 6.42 Å². The summed E-state index contributed by atoms with van der Waals surface area (Å²) in [5.41, 5.74) is 1.88. The minimum absolute atomic E-state index is 0.0814. The fraction of sp³-hybridized carbons (Fsp3) is 0.500. The van der Waals surface area contributed by atoms with E-state index in [1.165, 1.54) is 0 Å². The normalized spacial score (nSPS) is 21.0. The van der Waals surface area contributed by atoms with Gasteiger partial charge in [0.2, 0.25) is 0 Å². The van der Waals surface area contributed by atoms with Crippen molar-refractivity contribution < 1.29 is 23.4 Å². The van der Waals surface area contributed by atoms with Gasteiger partial charge in [0.05, 0.1) is 11.5 Å². The van der Waals surface area contributed by atoms with Crippen molar-refractivity contribution in [3.05, 3.63) is 35.4 Å². The molecule has 3 N–H and O–H groups in total. The first-order valence-electron chi connectivity index (χ1n) is 6.81. The van der Waals surface area contributed by atoms with Crippen LogP contribution in [0.2, 0.25) is 0 Å². The monoisotopic (exact) mass is 313 g/mol. The van der Waals surface area contributed by atoms with Crippen LogP contribution in [-0.4, -0.2) is 48.9 Å². The molecule has 0 saturated carbocycles. The van der Waals surface area contributed by atoms with Crippen LogP contribution >= 0.6 is 0 Å². The smallest absolute Gasteiger partial charge is 0.404 e. The van der Waals surface area contributed by atoms with Crippen molar-refractivity contribution in [1.82, 2.24) is 5.32 Å². The molecule has 116 valence electrons. The lowest BCUT2D eigenvalue weighted by Crippen LogP contribution is -2.39. The third-order valence-electron chi connectivity index (χ3n) is 3.74. The fourth-order valence-electron chi connectivity index (χ4n) is 2.84.